The largest absolute Gasteiger partial charge is 0.325 e. The first-order valence-electron chi connectivity index (χ1n) is 4.30. The lowest BCUT2D eigenvalue weighted by Crippen LogP contribution is -2.06. The van der Waals surface area contributed by atoms with E-state index in [2.05, 4.69) is 5.10 Å². The molecule has 15 heavy (non-hydrogen) atoms. The fourth-order valence-electron chi connectivity index (χ4n) is 1.30. The van der Waals surface area contributed by atoms with E-state index in [9.17, 15) is 4.39 Å². The second kappa shape index (κ2) is 4.91. The molecule has 0 amide bonds. The Labute approximate surface area is 93.1 Å². The number of nitrogens with zero attached hydrogens (tertiary/aromatic N) is 2. The molecule has 0 aliphatic heterocycles. The molecule has 3 nitrogen and oxygen atoms in total. The van der Waals surface area contributed by atoms with Gasteiger partial charge < -0.3 is 5.73 Å². The molecule has 80 valence electrons. The molecule has 0 saturated carbocycles. The Bertz CT molecular complexity index is 424. The molecule has 2 rings (SSSR count). The third-order valence-corrected chi connectivity index (χ3v) is 2.00. The third-order valence-electron chi connectivity index (χ3n) is 2.00. The summed E-state index contributed by atoms with van der Waals surface area (Å²) in [6.45, 7) is 0.414. The maximum atomic E-state index is 12.7. The van der Waals surface area contributed by atoms with Gasteiger partial charge in [-0.2, -0.15) is 5.10 Å². The molecule has 1 aromatic carbocycles. The van der Waals surface area contributed by atoms with Gasteiger partial charge in [-0.25, -0.2) is 9.07 Å². The van der Waals surface area contributed by atoms with Gasteiger partial charge in [0, 0.05) is 12.7 Å². The fourth-order valence-corrected chi connectivity index (χ4v) is 1.30. The van der Waals surface area contributed by atoms with E-state index < -0.39 is 0 Å². The minimum atomic E-state index is -0.254. The van der Waals surface area contributed by atoms with Crippen molar-refractivity contribution in [1.29, 1.82) is 0 Å². The molecular weight excluding hydrogens is 217 g/mol. The van der Waals surface area contributed by atoms with E-state index >= 15 is 0 Å². The van der Waals surface area contributed by atoms with Gasteiger partial charge in [0.15, 0.2) is 0 Å². The van der Waals surface area contributed by atoms with Gasteiger partial charge in [0.1, 0.15) is 5.82 Å². The van der Waals surface area contributed by atoms with E-state index in [1.807, 2.05) is 6.07 Å². The minimum absolute atomic E-state index is 0. The summed E-state index contributed by atoms with van der Waals surface area (Å²) >= 11 is 0. The van der Waals surface area contributed by atoms with Crippen LogP contribution in [0.5, 0.6) is 0 Å². The number of hydrogen-bond acceptors (Lipinski definition) is 2. The Hall–Kier alpha value is -1.39. The van der Waals surface area contributed by atoms with Crippen LogP contribution in [0.2, 0.25) is 0 Å². The maximum Gasteiger partial charge on any atom is 0.123 e. The van der Waals surface area contributed by atoms with Crippen LogP contribution in [-0.4, -0.2) is 9.78 Å². The third kappa shape index (κ3) is 2.34. The second-order valence-corrected chi connectivity index (χ2v) is 2.91. The van der Waals surface area contributed by atoms with Gasteiger partial charge in [0.05, 0.1) is 11.4 Å². The number of nitrogens with two attached hydrogens (primary N) is 1. The average molecular weight is 228 g/mol. The molecule has 0 fully saturated rings. The molecule has 0 aliphatic carbocycles. The normalized spacial score (nSPS) is 9.73. The fraction of sp³-hybridized carbons (Fsp3) is 0.100. The van der Waals surface area contributed by atoms with Gasteiger partial charge in [-0.05, 0) is 30.3 Å². The van der Waals surface area contributed by atoms with Gasteiger partial charge in [0.2, 0.25) is 0 Å². The molecule has 0 radical (unpaired) electrons. The molecule has 0 unspecified atom stereocenters. The molecular formula is C10H11ClFN3. The SMILES string of the molecule is Cl.NCc1ccnn1-c1ccc(F)cc1. The van der Waals surface area contributed by atoms with Crippen molar-refractivity contribution < 1.29 is 4.39 Å². The van der Waals surface area contributed by atoms with Gasteiger partial charge in [-0.15, -0.1) is 12.4 Å². The molecule has 0 aliphatic rings. The zero-order chi connectivity index (χ0) is 9.97. The van der Waals surface area contributed by atoms with E-state index in [0.29, 0.717) is 6.54 Å². The average Bonchev–Trinajstić information content (AvgIpc) is 2.67. The summed E-state index contributed by atoms with van der Waals surface area (Å²) in [4.78, 5) is 0. The number of benzene rings is 1. The Morgan fingerprint density at radius 2 is 1.87 bits per heavy atom. The summed E-state index contributed by atoms with van der Waals surface area (Å²) in [5.74, 6) is -0.254. The summed E-state index contributed by atoms with van der Waals surface area (Å²) < 4.78 is 14.4. The first-order chi connectivity index (χ1) is 6.81. The second-order valence-electron chi connectivity index (χ2n) is 2.91. The summed E-state index contributed by atoms with van der Waals surface area (Å²) in [5, 5.41) is 4.10. The van der Waals surface area contributed by atoms with Crippen molar-refractivity contribution in [3.63, 3.8) is 0 Å². The molecule has 0 saturated heterocycles. The van der Waals surface area contributed by atoms with E-state index in [4.69, 9.17) is 5.73 Å². The van der Waals surface area contributed by atoms with E-state index in [-0.39, 0.29) is 18.2 Å². The molecule has 0 spiro atoms. The molecule has 0 bridgehead atoms. The first kappa shape index (κ1) is 11.7. The standard InChI is InChI=1S/C10H10FN3.ClH/c11-8-1-3-9(4-2-8)14-10(7-12)5-6-13-14;/h1-6H,7,12H2;1H. The van der Waals surface area contributed by atoms with Crippen LogP contribution in [0, 0.1) is 5.82 Å². The van der Waals surface area contributed by atoms with Crippen molar-refractivity contribution in [2.75, 3.05) is 0 Å². The van der Waals surface area contributed by atoms with Gasteiger partial charge in [0.25, 0.3) is 0 Å². The number of rotatable bonds is 2. The van der Waals surface area contributed by atoms with Crippen LogP contribution in [0.15, 0.2) is 36.5 Å². The van der Waals surface area contributed by atoms with Gasteiger partial charge in [-0.1, -0.05) is 0 Å². The maximum absolute atomic E-state index is 12.7. The lowest BCUT2D eigenvalue weighted by Gasteiger charge is -2.04. The van der Waals surface area contributed by atoms with Crippen LogP contribution in [-0.2, 0) is 6.54 Å². The minimum Gasteiger partial charge on any atom is -0.325 e. The zero-order valence-electron chi connectivity index (χ0n) is 7.93. The Morgan fingerprint density at radius 1 is 1.20 bits per heavy atom. The first-order valence-corrected chi connectivity index (χ1v) is 4.30. The predicted octanol–water partition coefficient (Wildman–Crippen LogP) is 1.89. The van der Waals surface area contributed by atoms with E-state index in [0.717, 1.165) is 11.4 Å². The van der Waals surface area contributed by atoms with Gasteiger partial charge >= 0.3 is 0 Å². The van der Waals surface area contributed by atoms with Crippen LogP contribution in [0.4, 0.5) is 4.39 Å². The summed E-state index contributed by atoms with van der Waals surface area (Å²) in [6, 6.07) is 7.97. The lowest BCUT2D eigenvalue weighted by atomic mass is 10.3. The Kier molecular flexibility index (Phi) is 3.82. The van der Waals surface area contributed by atoms with E-state index in [1.165, 1.54) is 12.1 Å². The molecule has 2 N–H and O–H groups in total. The summed E-state index contributed by atoms with van der Waals surface area (Å²) in [6.07, 6.45) is 1.67. The highest BCUT2D eigenvalue weighted by atomic mass is 35.5. The van der Waals surface area contributed by atoms with Crippen LogP contribution in [0.25, 0.3) is 5.69 Å². The molecule has 0 atom stereocenters. The smallest absolute Gasteiger partial charge is 0.123 e. The molecule has 1 heterocycles. The summed E-state index contributed by atoms with van der Waals surface area (Å²) in [5.41, 5.74) is 7.24. The van der Waals surface area contributed by atoms with Crippen molar-refractivity contribution in [3.8, 4) is 5.69 Å². The van der Waals surface area contributed by atoms with Gasteiger partial charge in [-0.3, -0.25) is 0 Å². The quantitative estimate of drug-likeness (QED) is 0.852. The monoisotopic (exact) mass is 227 g/mol. The van der Waals surface area contributed by atoms with Crippen LogP contribution >= 0.6 is 12.4 Å². The van der Waals surface area contributed by atoms with Crippen molar-refractivity contribution in [3.05, 3.63) is 48.0 Å². The Morgan fingerprint density at radius 3 is 2.47 bits per heavy atom. The zero-order valence-corrected chi connectivity index (χ0v) is 8.75. The van der Waals surface area contributed by atoms with E-state index in [1.54, 1.807) is 23.0 Å². The number of aromatic nitrogens is 2. The number of halogens is 2. The highest BCUT2D eigenvalue weighted by Gasteiger charge is 2.02. The summed E-state index contributed by atoms with van der Waals surface area (Å²) in [7, 11) is 0. The topological polar surface area (TPSA) is 43.8 Å². The van der Waals surface area contributed by atoms with Crippen LogP contribution in [0.3, 0.4) is 0 Å². The van der Waals surface area contributed by atoms with Crippen molar-refractivity contribution in [2.45, 2.75) is 6.54 Å². The highest BCUT2D eigenvalue weighted by molar-refractivity contribution is 5.85. The molecule has 1 aromatic heterocycles. The van der Waals surface area contributed by atoms with Crippen molar-refractivity contribution in [2.24, 2.45) is 5.73 Å². The lowest BCUT2D eigenvalue weighted by molar-refractivity contribution is 0.626. The van der Waals surface area contributed by atoms with Crippen LogP contribution < -0.4 is 5.73 Å². The highest BCUT2D eigenvalue weighted by Crippen LogP contribution is 2.10. The predicted molar refractivity (Wildman–Crippen MR) is 58.7 cm³/mol. The molecule has 2 aromatic rings. The number of hydrogen-bond donors (Lipinski definition) is 1. The Balaban J connectivity index is 0.00000112. The van der Waals surface area contributed by atoms with Crippen molar-refractivity contribution >= 4 is 12.4 Å². The van der Waals surface area contributed by atoms with Crippen molar-refractivity contribution in [1.82, 2.24) is 9.78 Å². The van der Waals surface area contributed by atoms with Crippen LogP contribution in [0.1, 0.15) is 5.69 Å². The molecule has 5 heteroatoms.